The van der Waals surface area contributed by atoms with Gasteiger partial charge in [0.1, 0.15) is 18.8 Å². The summed E-state index contributed by atoms with van der Waals surface area (Å²) in [7, 11) is 0. The van der Waals surface area contributed by atoms with Crippen LogP contribution >= 0.6 is 0 Å². The van der Waals surface area contributed by atoms with E-state index in [0.29, 0.717) is 5.56 Å². The molecule has 2 atom stereocenters. The van der Waals surface area contributed by atoms with Crippen molar-refractivity contribution in [3.63, 3.8) is 0 Å². The number of aliphatic imine (C=N–C) groups is 1. The zero-order chi connectivity index (χ0) is 23.5. The Morgan fingerprint density at radius 2 is 1.42 bits per heavy atom. The second-order valence-corrected chi connectivity index (χ2v) is 7.66. The van der Waals surface area contributed by atoms with Crippen molar-refractivity contribution < 1.29 is 19.4 Å². The van der Waals surface area contributed by atoms with Crippen molar-refractivity contribution >= 4 is 17.6 Å². The van der Waals surface area contributed by atoms with Crippen LogP contribution in [0.4, 0.5) is 0 Å². The van der Waals surface area contributed by atoms with Gasteiger partial charge in [-0.1, -0.05) is 78.9 Å². The number of benzene rings is 3. The molecule has 0 aliphatic heterocycles. The third-order valence-electron chi connectivity index (χ3n) is 5.06. The second-order valence-electron chi connectivity index (χ2n) is 7.66. The number of rotatable bonds is 10. The van der Waals surface area contributed by atoms with Gasteiger partial charge in [-0.2, -0.15) is 0 Å². The van der Waals surface area contributed by atoms with Crippen LogP contribution in [0, 0.1) is 0 Å². The number of carbonyl (C=O) groups is 2. The molecule has 0 unspecified atom stereocenters. The molecule has 0 aliphatic carbocycles. The SMILES string of the molecule is CC(=NC[C@H](O)COC(=O)[C@H](Cc1ccccc1)NC(=O)c1ccccc1)c1ccccc1. The molecule has 0 radical (unpaired) electrons. The molecule has 1 amide bonds. The first-order valence-electron chi connectivity index (χ1n) is 10.8. The molecule has 33 heavy (non-hydrogen) atoms. The minimum Gasteiger partial charge on any atom is -0.461 e. The maximum Gasteiger partial charge on any atom is 0.329 e. The fraction of sp³-hybridized carbons (Fsp3) is 0.222. The average Bonchev–Trinajstić information content (AvgIpc) is 2.87. The maximum absolute atomic E-state index is 12.8. The number of aliphatic hydroxyl groups excluding tert-OH is 1. The largest absolute Gasteiger partial charge is 0.461 e. The van der Waals surface area contributed by atoms with Crippen LogP contribution < -0.4 is 5.32 Å². The number of aliphatic hydroxyl groups is 1. The van der Waals surface area contributed by atoms with Crippen LogP contribution in [0.3, 0.4) is 0 Å². The Morgan fingerprint density at radius 3 is 2.03 bits per heavy atom. The Labute approximate surface area is 194 Å². The summed E-state index contributed by atoms with van der Waals surface area (Å²) in [6.45, 7) is 1.76. The quantitative estimate of drug-likeness (QED) is 0.370. The van der Waals surface area contributed by atoms with Crippen molar-refractivity contribution in [3.05, 3.63) is 108 Å². The zero-order valence-corrected chi connectivity index (χ0v) is 18.6. The number of hydrogen-bond acceptors (Lipinski definition) is 5. The van der Waals surface area contributed by atoms with E-state index in [-0.39, 0.29) is 25.5 Å². The summed E-state index contributed by atoms with van der Waals surface area (Å²) in [5.41, 5.74) is 3.09. The lowest BCUT2D eigenvalue weighted by molar-refractivity contribution is -0.148. The van der Waals surface area contributed by atoms with Gasteiger partial charge in [0, 0.05) is 17.7 Å². The number of esters is 1. The zero-order valence-electron chi connectivity index (χ0n) is 18.6. The van der Waals surface area contributed by atoms with Gasteiger partial charge in [-0.15, -0.1) is 0 Å². The van der Waals surface area contributed by atoms with Gasteiger partial charge in [0.2, 0.25) is 0 Å². The fourth-order valence-corrected chi connectivity index (χ4v) is 3.22. The van der Waals surface area contributed by atoms with E-state index in [2.05, 4.69) is 10.3 Å². The molecule has 0 saturated heterocycles. The van der Waals surface area contributed by atoms with Crippen LogP contribution in [0.2, 0.25) is 0 Å². The lowest BCUT2D eigenvalue weighted by atomic mass is 10.1. The molecule has 0 spiro atoms. The van der Waals surface area contributed by atoms with E-state index in [9.17, 15) is 14.7 Å². The van der Waals surface area contributed by atoms with Crippen molar-refractivity contribution in [2.75, 3.05) is 13.2 Å². The van der Waals surface area contributed by atoms with Crippen molar-refractivity contribution in [2.45, 2.75) is 25.5 Å². The fourth-order valence-electron chi connectivity index (χ4n) is 3.22. The first kappa shape index (κ1) is 23.9. The van der Waals surface area contributed by atoms with Crippen molar-refractivity contribution in [1.29, 1.82) is 0 Å². The highest BCUT2D eigenvalue weighted by Gasteiger charge is 2.24. The van der Waals surface area contributed by atoms with Gasteiger partial charge in [-0.05, 0) is 30.2 Å². The third kappa shape index (κ3) is 7.70. The van der Waals surface area contributed by atoms with Crippen LogP contribution in [0.5, 0.6) is 0 Å². The molecule has 170 valence electrons. The molecule has 0 aliphatic rings. The molecule has 3 rings (SSSR count). The Balaban J connectivity index is 1.59. The Bertz CT molecular complexity index is 1050. The number of amides is 1. The molecular weight excluding hydrogens is 416 g/mol. The summed E-state index contributed by atoms with van der Waals surface area (Å²) in [5.74, 6) is -0.969. The summed E-state index contributed by atoms with van der Waals surface area (Å²) in [5, 5.41) is 13.0. The van der Waals surface area contributed by atoms with Gasteiger partial charge in [0.05, 0.1) is 6.54 Å². The second kappa shape index (κ2) is 12.3. The van der Waals surface area contributed by atoms with Gasteiger partial charge in [0.15, 0.2) is 0 Å². The molecule has 6 heteroatoms. The molecule has 0 fully saturated rings. The highest BCUT2D eigenvalue weighted by molar-refractivity contribution is 5.98. The smallest absolute Gasteiger partial charge is 0.329 e. The molecule has 3 aromatic rings. The van der Waals surface area contributed by atoms with E-state index < -0.39 is 18.1 Å². The standard InChI is InChI=1S/C27H28N2O4/c1-20(22-13-7-3-8-14-22)28-18-24(30)19-33-27(32)25(17-21-11-5-2-6-12-21)29-26(31)23-15-9-4-10-16-23/h2-16,24-25,30H,17-19H2,1H3,(H,29,31)/t24-,25-/m0/s1. The first-order valence-corrected chi connectivity index (χ1v) is 10.8. The predicted octanol–water partition coefficient (Wildman–Crippen LogP) is 3.44. The number of ether oxygens (including phenoxy) is 1. The van der Waals surface area contributed by atoms with Gasteiger partial charge in [-0.3, -0.25) is 9.79 Å². The van der Waals surface area contributed by atoms with E-state index in [1.165, 1.54) is 0 Å². The number of hydrogen-bond donors (Lipinski definition) is 2. The minimum atomic E-state index is -0.949. The number of carbonyl (C=O) groups excluding carboxylic acids is 2. The van der Waals surface area contributed by atoms with E-state index in [1.54, 1.807) is 24.3 Å². The molecule has 0 aromatic heterocycles. The van der Waals surface area contributed by atoms with Crippen LogP contribution in [-0.4, -0.2) is 48.0 Å². The van der Waals surface area contributed by atoms with Crippen molar-refractivity contribution in [2.24, 2.45) is 4.99 Å². The molecule has 0 heterocycles. The molecule has 0 saturated carbocycles. The van der Waals surface area contributed by atoms with Gasteiger partial charge >= 0.3 is 5.97 Å². The van der Waals surface area contributed by atoms with Crippen LogP contribution in [-0.2, 0) is 16.0 Å². The maximum atomic E-state index is 12.8. The Morgan fingerprint density at radius 1 is 0.879 bits per heavy atom. The summed E-state index contributed by atoms with van der Waals surface area (Å²) in [4.78, 5) is 29.8. The first-order chi connectivity index (χ1) is 16.0. The monoisotopic (exact) mass is 444 g/mol. The van der Waals surface area contributed by atoms with Crippen LogP contribution in [0.1, 0.15) is 28.4 Å². The Hall–Kier alpha value is -3.77. The summed E-state index contributed by atoms with van der Waals surface area (Å²) < 4.78 is 5.34. The normalized spacial score (nSPS) is 13.1. The minimum absolute atomic E-state index is 0.105. The van der Waals surface area contributed by atoms with E-state index >= 15 is 0 Å². The molecule has 3 aromatic carbocycles. The highest BCUT2D eigenvalue weighted by Crippen LogP contribution is 2.08. The lowest BCUT2D eigenvalue weighted by Gasteiger charge is -2.19. The van der Waals surface area contributed by atoms with Crippen molar-refractivity contribution in [3.8, 4) is 0 Å². The van der Waals surface area contributed by atoms with Crippen LogP contribution in [0.25, 0.3) is 0 Å². The topological polar surface area (TPSA) is 88.0 Å². The Kier molecular flexibility index (Phi) is 8.91. The predicted molar refractivity (Wildman–Crippen MR) is 128 cm³/mol. The molecule has 2 N–H and O–H groups in total. The summed E-state index contributed by atoms with van der Waals surface area (Å²) in [6, 6.07) is 26.8. The summed E-state index contributed by atoms with van der Waals surface area (Å²) in [6.07, 6.45) is -0.672. The van der Waals surface area contributed by atoms with Crippen LogP contribution in [0.15, 0.2) is 96.0 Å². The van der Waals surface area contributed by atoms with Crippen molar-refractivity contribution in [1.82, 2.24) is 5.32 Å². The van der Waals surface area contributed by atoms with E-state index in [0.717, 1.165) is 16.8 Å². The van der Waals surface area contributed by atoms with E-state index in [4.69, 9.17) is 4.74 Å². The van der Waals surface area contributed by atoms with Gasteiger partial charge in [0.25, 0.3) is 5.91 Å². The highest BCUT2D eigenvalue weighted by atomic mass is 16.5. The number of nitrogens with one attached hydrogen (secondary N) is 1. The molecule has 0 bridgehead atoms. The molecular formula is C27H28N2O4. The van der Waals surface area contributed by atoms with Gasteiger partial charge < -0.3 is 15.2 Å². The lowest BCUT2D eigenvalue weighted by Crippen LogP contribution is -2.44. The summed E-state index contributed by atoms with van der Waals surface area (Å²) >= 11 is 0. The third-order valence-corrected chi connectivity index (χ3v) is 5.06. The average molecular weight is 445 g/mol. The number of nitrogens with zero attached hydrogens (tertiary/aromatic N) is 1. The molecule has 6 nitrogen and oxygen atoms in total. The van der Waals surface area contributed by atoms with Gasteiger partial charge in [-0.25, -0.2) is 4.79 Å². The van der Waals surface area contributed by atoms with E-state index in [1.807, 2.05) is 73.7 Å².